The van der Waals surface area contributed by atoms with Gasteiger partial charge in [0.1, 0.15) is 5.82 Å². The van der Waals surface area contributed by atoms with Crippen molar-refractivity contribution in [2.24, 2.45) is 0 Å². The Morgan fingerprint density at radius 2 is 2.41 bits per heavy atom. The fourth-order valence-corrected chi connectivity index (χ4v) is 2.27. The van der Waals surface area contributed by atoms with Crippen LogP contribution in [0.25, 0.3) is 0 Å². The van der Waals surface area contributed by atoms with Crippen LogP contribution >= 0.6 is 0 Å². The first kappa shape index (κ1) is 14.5. The Balaban J connectivity index is 1.60. The molecule has 1 amide bonds. The zero-order valence-electron chi connectivity index (χ0n) is 11.8. The van der Waals surface area contributed by atoms with E-state index in [9.17, 15) is 9.18 Å². The lowest BCUT2D eigenvalue weighted by Crippen LogP contribution is -2.19. The lowest BCUT2D eigenvalue weighted by Gasteiger charge is -2.13. The first-order valence-corrected chi connectivity index (χ1v) is 7.04. The van der Waals surface area contributed by atoms with Crippen molar-refractivity contribution < 1.29 is 13.9 Å². The van der Waals surface area contributed by atoms with Crippen LogP contribution in [0.5, 0.6) is 0 Å². The zero-order chi connectivity index (χ0) is 15.4. The maximum atomic E-state index is 14.0. The quantitative estimate of drug-likeness (QED) is 0.783. The number of hydrogen-bond acceptors (Lipinski definition) is 5. The summed E-state index contributed by atoms with van der Waals surface area (Å²) in [4.78, 5) is 11.8. The van der Waals surface area contributed by atoms with E-state index in [1.165, 1.54) is 12.3 Å². The second kappa shape index (κ2) is 6.52. The molecule has 1 saturated heterocycles. The third-order valence-corrected chi connectivity index (χ3v) is 3.42. The van der Waals surface area contributed by atoms with Crippen molar-refractivity contribution in [3.05, 3.63) is 35.9 Å². The zero-order valence-corrected chi connectivity index (χ0v) is 11.8. The summed E-state index contributed by atoms with van der Waals surface area (Å²) in [7, 11) is 0. The molecule has 3 rings (SSSR count). The van der Waals surface area contributed by atoms with Crippen LogP contribution in [0.1, 0.15) is 23.3 Å². The molecule has 1 atom stereocenters. The molecule has 0 spiro atoms. The van der Waals surface area contributed by atoms with Crippen molar-refractivity contribution in [2.75, 3.05) is 23.8 Å². The SMILES string of the molecule is O=C(Nc1ccc(NC[C@@H]2CCCO2)c(F)c1)c1cn[nH]n1. The van der Waals surface area contributed by atoms with Gasteiger partial charge in [-0.15, -0.1) is 0 Å². The van der Waals surface area contributed by atoms with Gasteiger partial charge in [0.25, 0.3) is 5.91 Å². The highest BCUT2D eigenvalue weighted by molar-refractivity contribution is 6.02. The molecule has 1 aliphatic rings. The maximum Gasteiger partial charge on any atom is 0.277 e. The molecule has 1 aromatic carbocycles. The Morgan fingerprint density at radius 3 is 3.09 bits per heavy atom. The van der Waals surface area contributed by atoms with Crippen molar-refractivity contribution in [3.63, 3.8) is 0 Å². The molecule has 0 unspecified atom stereocenters. The summed E-state index contributed by atoms with van der Waals surface area (Å²) in [6.07, 6.45) is 3.46. The number of anilines is 2. The minimum atomic E-state index is -0.451. The number of nitrogens with one attached hydrogen (secondary N) is 3. The molecule has 22 heavy (non-hydrogen) atoms. The summed E-state index contributed by atoms with van der Waals surface area (Å²) < 4.78 is 19.5. The molecule has 1 fully saturated rings. The fourth-order valence-electron chi connectivity index (χ4n) is 2.27. The number of hydrogen-bond donors (Lipinski definition) is 3. The van der Waals surface area contributed by atoms with Crippen LogP contribution in [0.15, 0.2) is 24.4 Å². The Bertz CT molecular complexity index is 641. The summed E-state index contributed by atoms with van der Waals surface area (Å²) in [5.41, 5.74) is 0.879. The van der Waals surface area contributed by atoms with Crippen LogP contribution in [0.2, 0.25) is 0 Å². The molecular formula is C14H16FN5O2. The molecular weight excluding hydrogens is 289 g/mol. The molecule has 0 bridgehead atoms. The van der Waals surface area contributed by atoms with Crippen LogP contribution < -0.4 is 10.6 Å². The standard InChI is InChI=1S/C14H16FN5O2/c15-11-6-9(18-14(21)13-8-17-20-19-13)3-4-12(11)16-7-10-2-1-5-22-10/h3-4,6,8,10,16H,1-2,5,7H2,(H,18,21)(H,17,19,20)/t10-/m0/s1. The van der Waals surface area contributed by atoms with Crippen LogP contribution in [-0.4, -0.2) is 40.6 Å². The monoisotopic (exact) mass is 305 g/mol. The number of halogens is 1. The molecule has 0 radical (unpaired) electrons. The summed E-state index contributed by atoms with van der Waals surface area (Å²) in [5.74, 6) is -0.885. The summed E-state index contributed by atoms with van der Waals surface area (Å²) >= 11 is 0. The van der Waals surface area contributed by atoms with Crippen LogP contribution in [0.3, 0.4) is 0 Å². The van der Waals surface area contributed by atoms with Gasteiger partial charge in [0.2, 0.25) is 0 Å². The number of carbonyl (C=O) groups excluding carboxylic acids is 1. The number of nitrogens with zero attached hydrogens (tertiary/aromatic N) is 2. The molecule has 3 N–H and O–H groups in total. The van der Waals surface area contributed by atoms with Gasteiger partial charge in [-0.25, -0.2) is 4.39 Å². The van der Waals surface area contributed by atoms with E-state index in [0.29, 0.717) is 17.9 Å². The van der Waals surface area contributed by atoms with Gasteiger partial charge in [-0.3, -0.25) is 4.79 Å². The number of benzene rings is 1. The Morgan fingerprint density at radius 1 is 1.50 bits per heavy atom. The van der Waals surface area contributed by atoms with Gasteiger partial charge in [-0.1, -0.05) is 0 Å². The van der Waals surface area contributed by atoms with Gasteiger partial charge in [-0.05, 0) is 31.0 Å². The number of carbonyl (C=O) groups is 1. The normalized spacial score (nSPS) is 17.4. The lowest BCUT2D eigenvalue weighted by atomic mass is 10.2. The first-order valence-electron chi connectivity index (χ1n) is 7.04. The largest absolute Gasteiger partial charge is 0.380 e. The minimum Gasteiger partial charge on any atom is -0.380 e. The Labute approximate surface area is 126 Å². The molecule has 1 aliphatic heterocycles. The molecule has 7 nitrogen and oxygen atoms in total. The molecule has 0 aliphatic carbocycles. The van der Waals surface area contributed by atoms with Crippen LogP contribution in [-0.2, 0) is 4.74 Å². The van der Waals surface area contributed by atoms with E-state index < -0.39 is 11.7 Å². The highest BCUT2D eigenvalue weighted by atomic mass is 19.1. The topological polar surface area (TPSA) is 91.9 Å². The Kier molecular flexibility index (Phi) is 4.29. The van der Waals surface area contributed by atoms with Crippen molar-refractivity contribution in [2.45, 2.75) is 18.9 Å². The van der Waals surface area contributed by atoms with Gasteiger partial charge in [-0.2, -0.15) is 15.4 Å². The van der Waals surface area contributed by atoms with E-state index in [4.69, 9.17) is 4.74 Å². The van der Waals surface area contributed by atoms with Crippen molar-refractivity contribution in [3.8, 4) is 0 Å². The van der Waals surface area contributed by atoms with Crippen molar-refractivity contribution in [1.29, 1.82) is 0 Å². The average Bonchev–Trinajstić information content (AvgIpc) is 3.20. The van der Waals surface area contributed by atoms with E-state index in [0.717, 1.165) is 19.4 Å². The van der Waals surface area contributed by atoms with E-state index in [2.05, 4.69) is 26.0 Å². The van der Waals surface area contributed by atoms with E-state index in [-0.39, 0.29) is 11.8 Å². The van der Waals surface area contributed by atoms with E-state index in [1.807, 2.05) is 0 Å². The summed E-state index contributed by atoms with van der Waals surface area (Å²) in [5, 5.41) is 15.1. The highest BCUT2D eigenvalue weighted by Gasteiger charge is 2.16. The summed E-state index contributed by atoms with van der Waals surface area (Å²) in [6.45, 7) is 1.34. The second-order valence-corrected chi connectivity index (χ2v) is 5.02. The predicted molar refractivity (Wildman–Crippen MR) is 78.2 cm³/mol. The van der Waals surface area contributed by atoms with Gasteiger partial charge in [0.05, 0.1) is 18.0 Å². The van der Waals surface area contributed by atoms with Crippen LogP contribution in [0.4, 0.5) is 15.8 Å². The lowest BCUT2D eigenvalue weighted by molar-refractivity contribution is 0.102. The van der Waals surface area contributed by atoms with Gasteiger partial charge < -0.3 is 15.4 Å². The third-order valence-electron chi connectivity index (χ3n) is 3.42. The molecule has 1 aromatic heterocycles. The van der Waals surface area contributed by atoms with Crippen molar-refractivity contribution >= 4 is 17.3 Å². The number of aromatic nitrogens is 3. The van der Waals surface area contributed by atoms with Gasteiger partial charge in [0.15, 0.2) is 5.69 Å². The molecule has 116 valence electrons. The smallest absolute Gasteiger partial charge is 0.277 e. The number of aromatic amines is 1. The second-order valence-electron chi connectivity index (χ2n) is 5.02. The van der Waals surface area contributed by atoms with Crippen molar-refractivity contribution in [1.82, 2.24) is 15.4 Å². The van der Waals surface area contributed by atoms with Gasteiger partial charge in [0, 0.05) is 18.8 Å². The molecule has 0 saturated carbocycles. The number of H-pyrrole nitrogens is 1. The minimum absolute atomic E-state index is 0.131. The predicted octanol–water partition coefficient (Wildman–Crippen LogP) is 1.79. The highest BCUT2D eigenvalue weighted by Crippen LogP contribution is 2.20. The van der Waals surface area contributed by atoms with Crippen LogP contribution in [0, 0.1) is 5.82 Å². The first-order chi connectivity index (χ1) is 10.7. The van der Waals surface area contributed by atoms with Gasteiger partial charge >= 0.3 is 0 Å². The number of rotatable bonds is 5. The number of ether oxygens (including phenoxy) is 1. The maximum absolute atomic E-state index is 14.0. The third kappa shape index (κ3) is 3.40. The fraction of sp³-hybridized carbons (Fsp3) is 0.357. The Hall–Kier alpha value is -2.48. The molecule has 2 aromatic rings. The number of amides is 1. The average molecular weight is 305 g/mol. The van der Waals surface area contributed by atoms with E-state index >= 15 is 0 Å². The van der Waals surface area contributed by atoms with E-state index in [1.54, 1.807) is 12.1 Å². The summed E-state index contributed by atoms with van der Waals surface area (Å²) in [6, 6.07) is 4.47. The molecule has 8 heteroatoms. The molecule has 2 heterocycles.